The summed E-state index contributed by atoms with van der Waals surface area (Å²) >= 11 is 0. The van der Waals surface area contributed by atoms with Crippen LogP contribution in [-0.2, 0) is 11.2 Å². The van der Waals surface area contributed by atoms with Crippen LogP contribution in [0.2, 0.25) is 0 Å². The number of benzene rings is 2. The van der Waals surface area contributed by atoms with E-state index in [9.17, 15) is 14.6 Å². The van der Waals surface area contributed by atoms with Gasteiger partial charge in [0.1, 0.15) is 17.1 Å². The van der Waals surface area contributed by atoms with Gasteiger partial charge in [-0.2, -0.15) is 0 Å². The van der Waals surface area contributed by atoms with Gasteiger partial charge in [-0.05, 0) is 37.1 Å². The van der Waals surface area contributed by atoms with Crippen molar-refractivity contribution in [2.75, 3.05) is 13.7 Å². The van der Waals surface area contributed by atoms with E-state index in [4.69, 9.17) is 14.1 Å². The first-order valence-corrected chi connectivity index (χ1v) is 8.62. The Kier molecular flexibility index (Phi) is 5.66. The largest absolute Gasteiger partial charge is 0.547 e. The van der Waals surface area contributed by atoms with E-state index in [0.717, 1.165) is 0 Å². The number of para-hydroxylation sites is 2. The second-order valence-electron chi connectivity index (χ2n) is 6.01. The lowest BCUT2D eigenvalue weighted by Crippen LogP contribution is -2.53. The van der Waals surface area contributed by atoms with Gasteiger partial charge in [-0.3, -0.25) is 4.79 Å². The molecule has 0 aromatic heterocycles. The highest BCUT2D eigenvalue weighted by atomic mass is 16.5. The number of carbonyl (C=O) groups excluding carboxylic acids is 2. The molecule has 2 aromatic rings. The van der Waals surface area contributed by atoms with Gasteiger partial charge in [0.2, 0.25) is 0 Å². The molecule has 1 atom stereocenters. The molecule has 0 spiro atoms. The zero-order valence-corrected chi connectivity index (χ0v) is 15.1. The average Bonchev–Trinajstić information content (AvgIpc) is 2.68. The van der Waals surface area contributed by atoms with E-state index in [1.807, 2.05) is 0 Å². The van der Waals surface area contributed by atoms with Crippen LogP contribution >= 0.6 is 0 Å². The maximum atomic E-state index is 12.6. The van der Waals surface area contributed by atoms with Crippen LogP contribution in [0, 0.1) is 0 Å². The third-order valence-corrected chi connectivity index (χ3v) is 4.28. The van der Waals surface area contributed by atoms with E-state index >= 15 is 0 Å². The molecular formula is C19H20BNO6. The van der Waals surface area contributed by atoms with E-state index in [1.165, 1.54) is 7.11 Å². The Bertz CT molecular complexity index is 856. The van der Waals surface area contributed by atoms with Crippen molar-refractivity contribution in [3.8, 4) is 11.5 Å². The van der Waals surface area contributed by atoms with Crippen LogP contribution < -0.4 is 14.7 Å². The van der Waals surface area contributed by atoms with E-state index < -0.39 is 19.0 Å². The fraction of sp³-hybridized carbons (Fsp3) is 0.263. The summed E-state index contributed by atoms with van der Waals surface area (Å²) in [5.41, 5.74) is 1.32. The van der Waals surface area contributed by atoms with Gasteiger partial charge < -0.3 is 24.5 Å². The van der Waals surface area contributed by atoms with Crippen molar-refractivity contribution in [2.24, 2.45) is 0 Å². The summed E-state index contributed by atoms with van der Waals surface area (Å²) in [5.74, 6) is -0.854. The number of carbonyl (C=O) groups is 2. The Morgan fingerprint density at radius 3 is 2.70 bits per heavy atom. The van der Waals surface area contributed by atoms with E-state index in [2.05, 4.69) is 5.32 Å². The first-order valence-electron chi connectivity index (χ1n) is 8.62. The van der Waals surface area contributed by atoms with Gasteiger partial charge in [-0.1, -0.05) is 24.3 Å². The zero-order valence-electron chi connectivity index (χ0n) is 15.1. The second kappa shape index (κ2) is 8.13. The van der Waals surface area contributed by atoms with Gasteiger partial charge in [0.15, 0.2) is 0 Å². The monoisotopic (exact) mass is 369 g/mol. The molecule has 1 aliphatic rings. The van der Waals surface area contributed by atoms with Crippen LogP contribution in [0.5, 0.6) is 11.5 Å². The molecule has 140 valence electrons. The lowest BCUT2D eigenvalue weighted by Gasteiger charge is -2.29. The molecular weight excluding hydrogens is 349 g/mol. The number of nitrogens with one attached hydrogen (secondary N) is 1. The fourth-order valence-electron chi connectivity index (χ4n) is 3.00. The predicted molar refractivity (Wildman–Crippen MR) is 99.0 cm³/mol. The maximum absolute atomic E-state index is 12.6. The van der Waals surface area contributed by atoms with Crippen LogP contribution in [-0.4, -0.2) is 43.7 Å². The van der Waals surface area contributed by atoms with Crippen molar-refractivity contribution in [2.45, 2.75) is 19.3 Å². The number of methoxy groups -OCH3 is 1. The lowest BCUT2D eigenvalue weighted by atomic mass is 9.72. The quantitative estimate of drug-likeness (QED) is 0.615. The molecule has 0 bridgehead atoms. The van der Waals surface area contributed by atoms with Gasteiger partial charge in [-0.25, -0.2) is 4.79 Å². The van der Waals surface area contributed by atoms with Crippen molar-refractivity contribution in [3.05, 3.63) is 59.2 Å². The molecule has 0 unspecified atom stereocenters. The molecule has 2 aromatic carbocycles. The first kappa shape index (κ1) is 18.8. The summed E-state index contributed by atoms with van der Waals surface area (Å²) in [6.07, 6.45) is 0.310. The van der Waals surface area contributed by atoms with Gasteiger partial charge >= 0.3 is 13.1 Å². The minimum Gasteiger partial charge on any atom is -0.534 e. The summed E-state index contributed by atoms with van der Waals surface area (Å²) in [6.45, 7) is 1.95. The number of fused-ring (bicyclic) bond motifs is 1. The van der Waals surface area contributed by atoms with Gasteiger partial charge in [0.25, 0.3) is 5.91 Å². The molecule has 0 fully saturated rings. The van der Waals surface area contributed by atoms with Crippen LogP contribution in [0.4, 0.5) is 0 Å². The number of rotatable bonds is 5. The molecule has 0 aliphatic carbocycles. The molecule has 1 heterocycles. The molecule has 2 N–H and O–H groups in total. The third kappa shape index (κ3) is 3.90. The average molecular weight is 369 g/mol. The first-order chi connectivity index (χ1) is 13.0. The summed E-state index contributed by atoms with van der Waals surface area (Å²) < 4.78 is 15.8. The van der Waals surface area contributed by atoms with Crippen molar-refractivity contribution in [1.29, 1.82) is 0 Å². The van der Waals surface area contributed by atoms with Crippen LogP contribution in [0.1, 0.15) is 33.2 Å². The Hall–Kier alpha value is -3.00. The molecule has 7 nitrogen and oxygen atoms in total. The number of amides is 1. The van der Waals surface area contributed by atoms with Gasteiger partial charge in [0, 0.05) is 0 Å². The number of ether oxygens (including phenoxy) is 2. The standard InChI is InChI=1S/C19H20BNO6/c1-3-26-19(23)14-9-6-7-12-11-16(20(24)27-17(12)14)21-18(22)13-8-4-5-10-15(13)25-2/h4-10,16,24H,3,11H2,1-2H3,(H,21,22)/t16-/m0/s1. The summed E-state index contributed by atoms with van der Waals surface area (Å²) in [4.78, 5) is 24.6. The summed E-state index contributed by atoms with van der Waals surface area (Å²) in [6, 6.07) is 11.9. The van der Waals surface area contributed by atoms with Crippen molar-refractivity contribution in [3.63, 3.8) is 0 Å². The molecule has 1 amide bonds. The fourth-order valence-corrected chi connectivity index (χ4v) is 3.00. The smallest absolute Gasteiger partial charge is 0.534 e. The molecule has 1 aliphatic heterocycles. The van der Waals surface area contributed by atoms with Gasteiger partial charge in [0.05, 0.1) is 25.2 Å². The minimum atomic E-state index is -1.30. The summed E-state index contributed by atoms with van der Waals surface area (Å²) in [5, 5.41) is 13.1. The lowest BCUT2D eigenvalue weighted by molar-refractivity contribution is 0.0523. The molecule has 3 rings (SSSR count). The van der Waals surface area contributed by atoms with Crippen molar-refractivity contribution < 1.29 is 28.7 Å². The Labute approximate surface area is 157 Å². The van der Waals surface area contributed by atoms with Gasteiger partial charge in [-0.15, -0.1) is 0 Å². The predicted octanol–water partition coefficient (Wildman–Crippen LogP) is 1.63. The number of hydrogen-bond donors (Lipinski definition) is 2. The molecule has 0 saturated heterocycles. The topological polar surface area (TPSA) is 94.1 Å². The Morgan fingerprint density at radius 1 is 1.22 bits per heavy atom. The Balaban J connectivity index is 1.80. The minimum absolute atomic E-state index is 0.239. The molecule has 0 radical (unpaired) electrons. The van der Waals surface area contributed by atoms with E-state index in [0.29, 0.717) is 23.3 Å². The SMILES string of the molecule is CCOC(=O)c1cccc2c1OB(O)[C@@H](NC(=O)c1ccccc1OC)C2. The summed E-state index contributed by atoms with van der Waals surface area (Å²) in [7, 11) is 0.185. The third-order valence-electron chi connectivity index (χ3n) is 4.28. The van der Waals surface area contributed by atoms with Crippen LogP contribution in [0.25, 0.3) is 0 Å². The normalized spacial score (nSPS) is 15.4. The van der Waals surface area contributed by atoms with Crippen LogP contribution in [0.3, 0.4) is 0 Å². The van der Waals surface area contributed by atoms with Crippen molar-refractivity contribution in [1.82, 2.24) is 5.32 Å². The number of esters is 1. The molecule has 0 saturated carbocycles. The Morgan fingerprint density at radius 2 is 1.96 bits per heavy atom. The van der Waals surface area contributed by atoms with Crippen molar-refractivity contribution >= 4 is 19.0 Å². The number of hydrogen-bond acceptors (Lipinski definition) is 6. The second-order valence-corrected chi connectivity index (χ2v) is 6.01. The molecule has 27 heavy (non-hydrogen) atoms. The van der Waals surface area contributed by atoms with Crippen LogP contribution in [0.15, 0.2) is 42.5 Å². The zero-order chi connectivity index (χ0) is 19.4. The van der Waals surface area contributed by atoms with E-state index in [1.54, 1.807) is 49.4 Å². The highest BCUT2D eigenvalue weighted by molar-refractivity contribution is 6.47. The maximum Gasteiger partial charge on any atom is 0.547 e. The highest BCUT2D eigenvalue weighted by Crippen LogP contribution is 2.31. The highest BCUT2D eigenvalue weighted by Gasteiger charge is 2.38. The van der Waals surface area contributed by atoms with E-state index in [-0.39, 0.29) is 23.8 Å². The molecule has 8 heteroatoms.